The van der Waals surface area contributed by atoms with E-state index in [1.807, 2.05) is 18.2 Å². The van der Waals surface area contributed by atoms with Gasteiger partial charge in [-0.2, -0.15) is 0 Å². The van der Waals surface area contributed by atoms with Crippen molar-refractivity contribution in [3.63, 3.8) is 0 Å². The molecule has 0 spiro atoms. The average Bonchev–Trinajstić information content (AvgIpc) is 2.68. The quantitative estimate of drug-likeness (QED) is 0.874. The maximum Gasteiger partial charge on any atom is 0.184 e. The van der Waals surface area contributed by atoms with Crippen molar-refractivity contribution in [1.82, 2.24) is 4.98 Å². The predicted molar refractivity (Wildman–Crippen MR) is 78.8 cm³/mol. The highest BCUT2D eigenvalue weighted by Gasteiger charge is 2.18. The molecule has 1 aromatic carbocycles. The molecule has 1 heterocycles. The van der Waals surface area contributed by atoms with Crippen LogP contribution in [0.3, 0.4) is 0 Å². The van der Waals surface area contributed by atoms with Gasteiger partial charge < -0.3 is 10.1 Å². The second-order valence-electron chi connectivity index (χ2n) is 5.11. The molecule has 1 N–H and O–H groups in total. The van der Waals surface area contributed by atoms with Gasteiger partial charge in [0.1, 0.15) is 5.75 Å². The summed E-state index contributed by atoms with van der Waals surface area (Å²) in [5.74, 6) is 0.880. The summed E-state index contributed by atoms with van der Waals surface area (Å²) in [5.41, 5.74) is 1.11. The first kappa shape index (κ1) is 13.1. The van der Waals surface area contributed by atoms with E-state index in [-0.39, 0.29) is 5.54 Å². The van der Waals surface area contributed by atoms with Crippen molar-refractivity contribution in [2.75, 3.05) is 12.4 Å². The molecule has 2 aromatic rings. The summed E-state index contributed by atoms with van der Waals surface area (Å²) in [6, 6.07) is 5.98. The highest BCUT2D eigenvalue weighted by molar-refractivity contribution is 7.22. The van der Waals surface area contributed by atoms with Gasteiger partial charge in [-0.3, -0.25) is 0 Å². The highest BCUT2D eigenvalue weighted by atomic mass is 32.1. The number of rotatable bonds is 5. The predicted octanol–water partition coefficient (Wildman–Crippen LogP) is 4.30. The Kier molecular flexibility index (Phi) is 3.76. The van der Waals surface area contributed by atoms with Crippen molar-refractivity contribution < 1.29 is 4.74 Å². The van der Waals surface area contributed by atoms with Crippen molar-refractivity contribution in [2.24, 2.45) is 0 Å². The maximum absolute atomic E-state index is 5.23. The Labute approximate surface area is 112 Å². The number of thiazole rings is 1. The minimum Gasteiger partial charge on any atom is -0.497 e. The number of hydrogen-bond acceptors (Lipinski definition) is 4. The second-order valence-corrected chi connectivity index (χ2v) is 6.14. The van der Waals surface area contributed by atoms with Gasteiger partial charge in [0.15, 0.2) is 5.13 Å². The van der Waals surface area contributed by atoms with Crippen LogP contribution in [0.1, 0.15) is 33.6 Å². The molecule has 4 heteroatoms. The molecule has 2 rings (SSSR count). The summed E-state index contributed by atoms with van der Waals surface area (Å²) in [6.07, 6.45) is 2.30. The zero-order valence-corrected chi connectivity index (χ0v) is 12.2. The van der Waals surface area contributed by atoms with Crippen molar-refractivity contribution in [2.45, 2.75) is 39.2 Å². The van der Waals surface area contributed by atoms with Gasteiger partial charge in [-0.25, -0.2) is 4.98 Å². The zero-order valence-electron chi connectivity index (χ0n) is 11.4. The number of ether oxygens (including phenoxy) is 1. The normalized spacial score (nSPS) is 11.8. The molecule has 0 aliphatic carbocycles. The SMILES string of the molecule is CCCC(C)(C)Nc1nc2ccc(OC)cc2s1. The van der Waals surface area contributed by atoms with E-state index < -0.39 is 0 Å². The molecule has 98 valence electrons. The average molecular weight is 264 g/mol. The zero-order chi connectivity index (χ0) is 13.2. The van der Waals surface area contributed by atoms with E-state index in [0.29, 0.717) is 0 Å². The minimum atomic E-state index is 0.0900. The number of nitrogens with zero attached hydrogens (tertiary/aromatic N) is 1. The summed E-state index contributed by atoms with van der Waals surface area (Å²) in [4.78, 5) is 4.61. The second kappa shape index (κ2) is 5.14. The standard InChI is InChI=1S/C14H20N2OS/c1-5-8-14(2,3)16-13-15-11-7-6-10(17-4)9-12(11)18-13/h6-7,9H,5,8H2,1-4H3,(H,15,16). The van der Waals surface area contributed by atoms with Crippen LogP contribution in [0, 0.1) is 0 Å². The number of aromatic nitrogens is 1. The number of hydrogen-bond donors (Lipinski definition) is 1. The van der Waals surface area contributed by atoms with Crippen LogP contribution in [0.25, 0.3) is 10.2 Å². The maximum atomic E-state index is 5.23. The number of nitrogens with one attached hydrogen (secondary N) is 1. The van der Waals surface area contributed by atoms with Gasteiger partial charge in [0.05, 0.1) is 17.3 Å². The van der Waals surface area contributed by atoms with E-state index in [9.17, 15) is 0 Å². The monoisotopic (exact) mass is 264 g/mol. The van der Waals surface area contributed by atoms with Crippen LogP contribution >= 0.6 is 11.3 Å². The number of fused-ring (bicyclic) bond motifs is 1. The lowest BCUT2D eigenvalue weighted by atomic mass is 10.00. The Morgan fingerprint density at radius 1 is 1.39 bits per heavy atom. The van der Waals surface area contributed by atoms with Crippen LogP contribution in [0.5, 0.6) is 5.75 Å². The fourth-order valence-corrected chi connectivity index (χ4v) is 3.14. The van der Waals surface area contributed by atoms with Crippen LogP contribution in [-0.2, 0) is 0 Å². The lowest BCUT2D eigenvalue weighted by Crippen LogP contribution is -2.30. The molecule has 0 unspecified atom stereocenters. The minimum absolute atomic E-state index is 0.0900. The molecule has 3 nitrogen and oxygen atoms in total. The van der Waals surface area contributed by atoms with Crippen LogP contribution < -0.4 is 10.1 Å². The fourth-order valence-electron chi connectivity index (χ4n) is 2.06. The fraction of sp³-hybridized carbons (Fsp3) is 0.500. The first-order chi connectivity index (χ1) is 8.54. The molecule has 0 bridgehead atoms. The molecule has 0 aliphatic heterocycles. The summed E-state index contributed by atoms with van der Waals surface area (Å²) in [5, 5.41) is 4.50. The molecular weight excluding hydrogens is 244 g/mol. The van der Waals surface area contributed by atoms with Crippen molar-refractivity contribution in [3.8, 4) is 5.75 Å². The third-order valence-corrected chi connectivity index (χ3v) is 3.85. The van der Waals surface area contributed by atoms with Crippen molar-refractivity contribution >= 4 is 26.7 Å². The Bertz CT molecular complexity index is 534. The van der Waals surface area contributed by atoms with Crippen LogP contribution in [0.4, 0.5) is 5.13 Å². The molecule has 0 fully saturated rings. The number of benzene rings is 1. The molecule has 18 heavy (non-hydrogen) atoms. The summed E-state index contributed by atoms with van der Waals surface area (Å²) < 4.78 is 6.39. The van der Waals surface area contributed by atoms with Gasteiger partial charge >= 0.3 is 0 Å². The van der Waals surface area contributed by atoms with E-state index in [1.165, 1.54) is 6.42 Å². The van der Waals surface area contributed by atoms with E-state index in [4.69, 9.17) is 4.74 Å². The lowest BCUT2D eigenvalue weighted by Gasteiger charge is -2.25. The first-order valence-electron chi connectivity index (χ1n) is 6.27. The Balaban J connectivity index is 2.24. The molecule has 1 aromatic heterocycles. The Morgan fingerprint density at radius 3 is 2.83 bits per heavy atom. The third kappa shape index (κ3) is 2.93. The Morgan fingerprint density at radius 2 is 2.17 bits per heavy atom. The van der Waals surface area contributed by atoms with Gasteiger partial charge in [0.2, 0.25) is 0 Å². The van der Waals surface area contributed by atoms with Crippen LogP contribution in [-0.4, -0.2) is 17.6 Å². The number of methoxy groups -OCH3 is 1. The van der Waals surface area contributed by atoms with Crippen molar-refractivity contribution in [3.05, 3.63) is 18.2 Å². The molecule has 0 saturated heterocycles. The Hall–Kier alpha value is -1.29. The van der Waals surface area contributed by atoms with Gasteiger partial charge in [0, 0.05) is 5.54 Å². The topological polar surface area (TPSA) is 34.2 Å². The van der Waals surface area contributed by atoms with E-state index in [2.05, 4.69) is 31.1 Å². The van der Waals surface area contributed by atoms with Crippen LogP contribution in [0.2, 0.25) is 0 Å². The van der Waals surface area contributed by atoms with E-state index in [1.54, 1.807) is 18.4 Å². The summed E-state index contributed by atoms with van der Waals surface area (Å²) in [7, 11) is 1.69. The lowest BCUT2D eigenvalue weighted by molar-refractivity contribution is 0.415. The molecule has 0 amide bonds. The van der Waals surface area contributed by atoms with E-state index >= 15 is 0 Å². The molecule has 0 aliphatic rings. The number of anilines is 1. The molecule has 0 atom stereocenters. The third-order valence-electron chi connectivity index (χ3n) is 2.92. The summed E-state index contributed by atoms with van der Waals surface area (Å²) in [6.45, 7) is 6.62. The largest absolute Gasteiger partial charge is 0.497 e. The highest BCUT2D eigenvalue weighted by Crippen LogP contribution is 2.31. The van der Waals surface area contributed by atoms with Crippen molar-refractivity contribution in [1.29, 1.82) is 0 Å². The molecule has 0 saturated carbocycles. The van der Waals surface area contributed by atoms with E-state index in [0.717, 1.165) is 27.5 Å². The van der Waals surface area contributed by atoms with Crippen LogP contribution in [0.15, 0.2) is 18.2 Å². The first-order valence-corrected chi connectivity index (χ1v) is 7.08. The summed E-state index contributed by atoms with van der Waals surface area (Å²) >= 11 is 1.68. The van der Waals surface area contributed by atoms with Gasteiger partial charge in [-0.1, -0.05) is 24.7 Å². The van der Waals surface area contributed by atoms with Gasteiger partial charge in [-0.15, -0.1) is 0 Å². The van der Waals surface area contributed by atoms with Gasteiger partial charge in [0.25, 0.3) is 0 Å². The molecular formula is C14H20N2OS. The molecule has 0 radical (unpaired) electrons. The van der Waals surface area contributed by atoms with Gasteiger partial charge in [-0.05, 0) is 38.5 Å². The smallest absolute Gasteiger partial charge is 0.184 e.